The zero-order valence-corrected chi connectivity index (χ0v) is 23.0. The molecule has 2 aromatic carbocycles. The standard InChI is InChI=1S/C30H28ClN5O5/c1-2-41-29(38)26-25(34-27(35-26)23-5-3-4-16-36(23)30(39)40)19-6-8-20(9-7-19)28(37)33-24-17-21(14-15-32-24)18-10-12-22(31)13-11-18/h6-15,17,23H,2-5,16H2,1H3,(H,34,35)(H,39,40)(H,32,33,37)/t23-/m0/s1. The Balaban J connectivity index is 1.38. The van der Waals surface area contributed by atoms with Gasteiger partial charge in [-0.3, -0.25) is 9.69 Å². The number of carbonyl (C=O) groups excluding carboxylic acids is 2. The number of aromatic amines is 1. The molecule has 0 saturated carbocycles. The molecule has 10 nitrogen and oxygen atoms in total. The number of hydrogen-bond donors (Lipinski definition) is 3. The molecule has 11 heteroatoms. The van der Waals surface area contributed by atoms with E-state index < -0.39 is 18.1 Å². The maximum Gasteiger partial charge on any atom is 0.407 e. The molecule has 1 aliphatic rings. The summed E-state index contributed by atoms with van der Waals surface area (Å²) in [6, 6.07) is 17.1. The van der Waals surface area contributed by atoms with Gasteiger partial charge in [0.2, 0.25) is 0 Å². The van der Waals surface area contributed by atoms with Crippen molar-refractivity contribution in [1.82, 2.24) is 19.9 Å². The first-order chi connectivity index (χ1) is 19.8. The highest BCUT2D eigenvalue weighted by molar-refractivity contribution is 6.30. The van der Waals surface area contributed by atoms with Crippen LogP contribution in [0.25, 0.3) is 22.4 Å². The van der Waals surface area contributed by atoms with Crippen molar-refractivity contribution in [2.24, 2.45) is 0 Å². The fourth-order valence-electron chi connectivity index (χ4n) is 4.84. The van der Waals surface area contributed by atoms with Crippen LogP contribution in [0, 0.1) is 0 Å². The summed E-state index contributed by atoms with van der Waals surface area (Å²) in [4.78, 5) is 50.9. The summed E-state index contributed by atoms with van der Waals surface area (Å²) < 4.78 is 5.22. The van der Waals surface area contributed by atoms with E-state index in [-0.39, 0.29) is 18.2 Å². The second kappa shape index (κ2) is 12.2. The van der Waals surface area contributed by atoms with E-state index >= 15 is 0 Å². The molecule has 210 valence electrons. The van der Waals surface area contributed by atoms with Crippen LogP contribution in [0.1, 0.15) is 58.9 Å². The van der Waals surface area contributed by atoms with Crippen LogP contribution >= 0.6 is 11.6 Å². The molecule has 5 rings (SSSR count). The van der Waals surface area contributed by atoms with E-state index in [1.165, 1.54) is 4.90 Å². The number of amides is 2. The normalized spacial score (nSPS) is 14.9. The van der Waals surface area contributed by atoms with Crippen LogP contribution in [0.5, 0.6) is 0 Å². The number of benzene rings is 2. The molecule has 0 spiro atoms. The summed E-state index contributed by atoms with van der Waals surface area (Å²) in [6.07, 6.45) is 2.79. The largest absolute Gasteiger partial charge is 0.465 e. The molecule has 0 radical (unpaired) electrons. The van der Waals surface area contributed by atoms with E-state index in [1.807, 2.05) is 18.2 Å². The Labute approximate surface area is 241 Å². The summed E-state index contributed by atoms with van der Waals surface area (Å²) in [5, 5.41) is 13.1. The average molecular weight is 574 g/mol. The van der Waals surface area contributed by atoms with E-state index in [1.54, 1.807) is 55.6 Å². The van der Waals surface area contributed by atoms with Crippen molar-refractivity contribution in [2.45, 2.75) is 32.2 Å². The van der Waals surface area contributed by atoms with E-state index in [2.05, 4.69) is 20.3 Å². The third-order valence-corrected chi connectivity index (χ3v) is 7.12. The number of carbonyl (C=O) groups is 3. The molecule has 1 fully saturated rings. The number of aromatic nitrogens is 3. The summed E-state index contributed by atoms with van der Waals surface area (Å²) in [5.74, 6) is -0.167. The van der Waals surface area contributed by atoms with Gasteiger partial charge in [-0.1, -0.05) is 35.9 Å². The lowest BCUT2D eigenvalue weighted by molar-refractivity contribution is 0.0520. The number of anilines is 1. The van der Waals surface area contributed by atoms with Gasteiger partial charge in [0.15, 0.2) is 5.69 Å². The molecular weight excluding hydrogens is 546 g/mol. The molecule has 3 heterocycles. The second-order valence-corrected chi connectivity index (χ2v) is 9.96. The first-order valence-electron chi connectivity index (χ1n) is 13.2. The van der Waals surface area contributed by atoms with Gasteiger partial charge in [-0.15, -0.1) is 0 Å². The van der Waals surface area contributed by atoms with Crippen LogP contribution in [0.15, 0.2) is 66.9 Å². The number of esters is 1. The fourth-order valence-corrected chi connectivity index (χ4v) is 4.97. The lowest BCUT2D eigenvalue weighted by Gasteiger charge is -2.32. The Bertz CT molecular complexity index is 1570. The molecule has 0 unspecified atom stereocenters. The van der Waals surface area contributed by atoms with Crippen molar-refractivity contribution in [3.05, 3.63) is 89.0 Å². The summed E-state index contributed by atoms with van der Waals surface area (Å²) in [6.45, 7) is 2.27. The van der Waals surface area contributed by atoms with Gasteiger partial charge in [0, 0.05) is 28.9 Å². The number of halogens is 1. The van der Waals surface area contributed by atoms with E-state index in [9.17, 15) is 19.5 Å². The Kier molecular flexibility index (Phi) is 8.30. The quantitative estimate of drug-likeness (QED) is 0.217. The lowest BCUT2D eigenvalue weighted by atomic mass is 10.0. The van der Waals surface area contributed by atoms with Crippen molar-refractivity contribution in [2.75, 3.05) is 18.5 Å². The van der Waals surface area contributed by atoms with Gasteiger partial charge < -0.3 is 20.1 Å². The highest BCUT2D eigenvalue weighted by atomic mass is 35.5. The number of ether oxygens (including phenoxy) is 1. The SMILES string of the molecule is CCOC(=O)c1[nH]c([C@@H]2CCCCN2C(=O)O)nc1-c1ccc(C(=O)Nc2cc(-c3ccc(Cl)cc3)ccn2)cc1. The van der Waals surface area contributed by atoms with Crippen LogP contribution in [0.2, 0.25) is 5.02 Å². The summed E-state index contributed by atoms with van der Waals surface area (Å²) in [7, 11) is 0. The molecule has 41 heavy (non-hydrogen) atoms. The number of H-pyrrole nitrogens is 1. The van der Waals surface area contributed by atoms with Crippen LogP contribution in [-0.4, -0.2) is 56.1 Å². The number of carboxylic acid groups (broad SMARTS) is 1. The van der Waals surface area contributed by atoms with E-state index in [0.717, 1.165) is 24.0 Å². The number of imidazole rings is 1. The van der Waals surface area contributed by atoms with Gasteiger partial charge in [-0.25, -0.2) is 19.6 Å². The van der Waals surface area contributed by atoms with Gasteiger partial charge in [0.1, 0.15) is 17.3 Å². The third-order valence-electron chi connectivity index (χ3n) is 6.87. The number of piperidine rings is 1. The number of nitrogens with zero attached hydrogens (tertiary/aromatic N) is 3. The number of likely N-dealkylation sites (tertiary alicyclic amines) is 1. The first kappa shape index (κ1) is 27.9. The predicted molar refractivity (Wildman–Crippen MR) is 154 cm³/mol. The summed E-state index contributed by atoms with van der Waals surface area (Å²) >= 11 is 5.99. The van der Waals surface area contributed by atoms with Gasteiger partial charge in [0.25, 0.3) is 5.91 Å². The van der Waals surface area contributed by atoms with Crippen molar-refractivity contribution >= 4 is 35.4 Å². The van der Waals surface area contributed by atoms with Crippen molar-refractivity contribution in [3.8, 4) is 22.4 Å². The molecule has 3 N–H and O–H groups in total. The molecule has 0 aliphatic carbocycles. The Hall–Kier alpha value is -4.70. The van der Waals surface area contributed by atoms with Crippen molar-refractivity contribution < 1.29 is 24.2 Å². The average Bonchev–Trinajstić information content (AvgIpc) is 3.43. The zero-order chi connectivity index (χ0) is 28.9. The zero-order valence-electron chi connectivity index (χ0n) is 22.3. The molecule has 0 bridgehead atoms. The number of pyridine rings is 1. The van der Waals surface area contributed by atoms with Gasteiger partial charge in [-0.2, -0.15) is 0 Å². The molecule has 1 aliphatic heterocycles. The highest BCUT2D eigenvalue weighted by Crippen LogP contribution is 2.33. The minimum Gasteiger partial charge on any atom is -0.465 e. The summed E-state index contributed by atoms with van der Waals surface area (Å²) in [5.41, 5.74) is 3.24. The molecular formula is C30H28ClN5O5. The Morgan fingerprint density at radius 2 is 1.78 bits per heavy atom. The van der Waals surface area contributed by atoms with Gasteiger partial charge >= 0.3 is 12.1 Å². The van der Waals surface area contributed by atoms with Crippen LogP contribution in [0.4, 0.5) is 10.6 Å². The number of rotatable bonds is 7. The van der Waals surface area contributed by atoms with Crippen molar-refractivity contribution in [3.63, 3.8) is 0 Å². The fraction of sp³-hybridized carbons (Fsp3) is 0.233. The van der Waals surface area contributed by atoms with Crippen molar-refractivity contribution in [1.29, 1.82) is 0 Å². The molecule has 2 amide bonds. The maximum atomic E-state index is 13.0. The van der Waals surface area contributed by atoms with E-state index in [4.69, 9.17) is 16.3 Å². The maximum absolute atomic E-state index is 13.0. The van der Waals surface area contributed by atoms with E-state index in [0.29, 0.717) is 46.5 Å². The predicted octanol–water partition coefficient (Wildman–Crippen LogP) is 6.43. The number of hydrogen-bond acceptors (Lipinski definition) is 6. The minimum atomic E-state index is -1.03. The molecule has 1 atom stereocenters. The first-order valence-corrected chi connectivity index (χ1v) is 13.6. The molecule has 4 aromatic rings. The smallest absolute Gasteiger partial charge is 0.407 e. The highest BCUT2D eigenvalue weighted by Gasteiger charge is 2.32. The molecule has 1 saturated heterocycles. The number of nitrogens with one attached hydrogen (secondary N) is 2. The van der Waals surface area contributed by atoms with Gasteiger partial charge in [-0.05, 0) is 73.7 Å². The van der Waals surface area contributed by atoms with Gasteiger partial charge in [0.05, 0.1) is 12.6 Å². The Morgan fingerprint density at radius 1 is 1.05 bits per heavy atom. The van der Waals surface area contributed by atoms with Crippen LogP contribution in [-0.2, 0) is 4.74 Å². The minimum absolute atomic E-state index is 0.137. The lowest BCUT2D eigenvalue weighted by Crippen LogP contribution is -2.38. The van der Waals surface area contributed by atoms with Crippen LogP contribution < -0.4 is 5.32 Å². The topological polar surface area (TPSA) is 138 Å². The third kappa shape index (κ3) is 6.22. The Morgan fingerprint density at radius 3 is 2.49 bits per heavy atom. The monoisotopic (exact) mass is 573 g/mol. The van der Waals surface area contributed by atoms with Crippen LogP contribution in [0.3, 0.4) is 0 Å². The second-order valence-electron chi connectivity index (χ2n) is 9.52. The molecule has 2 aromatic heterocycles.